The third-order valence-electron chi connectivity index (χ3n) is 4.73. The number of hydrogen-bond acceptors (Lipinski definition) is 4. The first-order valence-electron chi connectivity index (χ1n) is 9.04. The molecule has 1 saturated heterocycles. The number of amides is 1. The molecular weight excluding hydrogens is 361 g/mol. The van der Waals surface area contributed by atoms with E-state index in [1.54, 1.807) is 10.7 Å². The minimum Gasteiger partial charge on any atom is -0.370 e. The van der Waals surface area contributed by atoms with Crippen molar-refractivity contribution in [2.24, 2.45) is 0 Å². The van der Waals surface area contributed by atoms with Gasteiger partial charge in [0.25, 0.3) is 0 Å². The molecule has 1 aliphatic rings. The molecular formula is C19H19BClN5O. The van der Waals surface area contributed by atoms with E-state index in [0.29, 0.717) is 29.1 Å². The van der Waals surface area contributed by atoms with Crippen LogP contribution in [0.2, 0.25) is 5.02 Å². The van der Waals surface area contributed by atoms with Crippen LogP contribution in [0.4, 0.5) is 5.82 Å². The molecule has 2 radical (unpaired) electrons. The predicted molar refractivity (Wildman–Crippen MR) is 108 cm³/mol. The number of likely N-dealkylation sites (tertiary alicyclic amines) is 1. The average molecular weight is 380 g/mol. The lowest BCUT2D eigenvalue weighted by atomic mass is 10.0. The molecule has 27 heavy (non-hydrogen) atoms. The Labute approximate surface area is 163 Å². The molecule has 3 aromatic rings. The highest BCUT2D eigenvalue weighted by atomic mass is 35.5. The molecule has 136 valence electrons. The van der Waals surface area contributed by atoms with Crippen LogP contribution in [-0.2, 0) is 4.79 Å². The number of aromatic nitrogens is 3. The molecule has 0 unspecified atom stereocenters. The Balaban J connectivity index is 1.56. The summed E-state index contributed by atoms with van der Waals surface area (Å²) in [4.78, 5) is 18.3. The lowest BCUT2D eigenvalue weighted by Crippen LogP contribution is -2.27. The van der Waals surface area contributed by atoms with Crippen molar-refractivity contribution in [3.05, 3.63) is 41.6 Å². The largest absolute Gasteiger partial charge is 0.370 e. The molecule has 1 amide bonds. The summed E-state index contributed by atoms with van der Waals surface area (Å²) in [6.45, 7) is 2.34. The van der Waals surface area contributed by atoms with Gasteiger partial charge in [-0.05, 0) is 24.4 Å². The first-order valence-corrected chi connectivity index (χ1v) is 9.42. The van der Waals surface area contributed by atoms with Crippen LogP contribution < -0.4 is 10.8 Å². The van der Waals surface area contributed by atoms with E-state index in [4.69, 9.17) is 19.4 Å². The topological polar surface area (TPSA) is 62.5 Å². The number of hydrogen-bond donors (Lipinski definition) is 1. The summed E-state index contributed by atoms with van der Waals surface area (Å²) in [6, 6.07) is 9.49. The molecule has 1 aliphatic heterocycles. The van der Waals surface area contributed by atoms with Gasteiger partial charge in [0.2, 0.25) is 5.91 Å². The highest BCUT2D eigenvalue weighted by Gasteiger charge is 2.19. The van der Waals surface area contributed by atoms with Crippen molar-refractivity contribution in [3.63, 3.8) is 0 Å². The quantitative estimate of drug-likeness (QED) is 0.527. The van der Waals surface area contributed by atoms with E-state index in [1.165, 1.54) is 0 Å². The number of benzene rings is 1. The summed E-state index contributed by atoms with van der Waals surface area (Å²) in [5.74, 6) is 1.04. The summed E-state index contributed by atoms with van der Waals surface area (Å²) >= 11 is 6.34. The van der Waals surface area contributed by atoms with Crippen LogP contribution in [0.3, 0.4) is 0 Å². The molecule has 0 spiro atoms. The van der Waals surface area contributed by atoms with Crippen LogP contribution in [0.25, 0.3) is 16.9 Å². The van der Waals surface area contributed by atoms with Crippen LogP contribution in [0.5, 0.6) is 0 Å². The van der Waals surface area contributed by atoms with E-state index in [2.05, 4.69) is 15.4 Å². The van der Waals surface area contributed by atoms with Crippen LogP contribution in [0.15, 0.2) is 36.5 Å². The molecule has 1 N–H and O–H groups in total. The summed E-state index contributed by atoms with van der Waals surface area (Å²) in [7, 11) is 6.03. The van der Waals surface area contributed by atoms with Gasteiger partial charge in [-0.2, -0.15) is 9.61 Å². The standard InChI is InChI=1S/C19H19BClN5O/c20-14-12-23-26-17(22-8-4-10-25-9-3-7-18(25)27)11-16(24-19(14)26)13-5-1-2-6-15(13)21/h1-2,5-6,11-12,22H,3-4,7-10H2. The Morgan fingerprint density at radius 1 is 1.30 bits per heavy atom. The van der Waals surface area contributed by atoms with Crippen LogP contribution in [0.1, 0.15) is 19.3 Å². The molecule has 8 heteroatoms. The van der Waals surface area contributed by atoms with Crippen LogP contribution >= 0.6 is 11.6 Å². The second-order valence-electron chi connectivity index (χ2n) is 6.61. The molecule has 4 rings (SSSR count). The van der Waals surface area contributed by atoms with E-state index in [-0.39, 0.29) is 5.91 Å². The van der Waals surface area contributed by atoms with Gasteiger partial charge in [0.15, 0.2) is 5.65 Å². The Bertz CT molecular complexity index is 989. The number of halogens is 1. The number of rotatable bonds is 6. The molecule has 0 atom stereocenters. The van der Waals surface area contributed by atoms with Crippen molar-refractivity contribution in [2.45, 2.75) is 19.3 Å². The minimum atomic E-state index is 0.252. The molecule has 0 saturated carbocycles. The zero-order chi connectivity index (χ0) is 18.8. The van der Waals surface area contributed by atoms with E-state index in [0.717, 1.165) is 43.0 Å². The Morgan fingerprint density at radius 3 is 2.93 bits per heavy atom. The van der Waals surface area contributed by atoms with Gasteiger partial charge in [0.1, 0.15) is 13.7 Å². The maximum absolute atomic E-state index is 11.7. The first-order chi connectivity index (χ1) is 13.1. The van der Waals surface area contributed by atoms with Gasteiger partial charge < -0.3 is 10.2 Å². The molecule has 6 nitrogen and oxygen atoms in total. The van der Waals surface area contributed by atoms with Gasteiger partial charge >= 0.3 is 0 Å². The number of nitrogens with zero attached hydrogens (tertiary/aromatic N) is 4. The maximum Gasteiger partial charge on any atom is 0.222 e. The van der Waals surface area contributed by atoms with E-state index in [1.807, 2.05) is 35.2 Å². The number of nitrogens with one attached hydrogen (secondary N) is 1. The van der Waals surface area contributed by atoms with Gasteiger partial charge in [-0.3, -0.25) is 4.79 Å². The summed E-state index contributed by atoms with van der Waals surface area (Å²) < 4.78 is 1.69. The molecule has 1 aromatic carbocycles. The predicted octanol–water partition coefficient (Wildman–Crippen LogP) is 2.27. The molecule has 1 fully saturated rings. The van der Waals surface area contributed by atoms with E-state index in [9.17, 15) is 4.79 Å². The summed E-state index contributed by atoms with van der Waals surface area (Å²) in [5.41, 5.74) is 2.67. The fourth-order valence-corrected chi connectivity index (χ4v) is 3.57. The van der Waals surface area contributed by atoms with Crippen molar-refractivity contribution in [1.82, 2.24) is 19.5 Å². The molecule has 0 aliphatic carbocycles. The Hall–Kier alpha value is -2.54. The van der Waals surface area contributed by atoms with Crippen LogP contribution in [0, 0.1) is 0 Å². The van der Waals surface area contributed by atoms with E-state index < -0.39 is 0 Å². The lowest BCUT2D eigenvalue weighted by Gasteiger charge is -2.16. The van der Waals surface area contributed by atoms with Crippen molar-refractivity contribution < 1.29 is 4.79 Å². The Morgan fingerprint density at radius 2 is 2.15 bits per heavy atom. The van der Waals surface area contributed by atoms with E-state index >= 15 is 0 Å². The van der Waals surface area contributed by atoms with Gasteiger partial charge in [0, 0.05) is 48.9 Å². The number of carbonyl (C=O) groups is 1. The second kappa shape index (κ2) is 7.60. The third-order valence-corrected chi connectivity index (χ3v) is 5.06. The van der Waals surface area contributed by atoms with Gasteiger partial charge in [-0.15, -0.1) is 0 Å². The highest BCUT2D eigenvalue weighted by Crippen LogP contribution is 2.28. The van der Waals surface area contributed by atoms with Crippen molar-refractivity contribution in [2.75, 3.05) is 25.0 Å². The zero-order valence-electron chi connectivity index (χ0n) is 14.9. The van der Waals surface area contributed by atoms with Crippen LogP contribution in [-0.4, -0.2) is 52.9 Å². The number of anilines is 1. The maximum atomic E-state index is 11.7. The lowest BCUT2D eigenvalue weighted by molar-refractivity contribution is -0.127. The SMILES string of the molecule is [B]c1cnn2c(NCCCN3CCCC3=O)cc(-c3ccccc3Cl)nc12. The monoisotopic (exact) mass is 379 g/mol. The summed E-state index contributed by atoms with van der Waals surface area (Å²) in [5, 5.41) is 8.34. The third kappa shape index (κ3) is 3.64. The van der Waals surface area contributed by atoms with Gasteiger partial charge in [-0.25, -0.2) is 4.98 Å². The average Bonchev–Trinajstić information content (AvgIpc) is 3.25. The normalized spacial score (nSPS) is 14.3. The smallest absolute Gasteiger partial charge is 0.222 e. The Kier molecular flexibility index (Phi) is 5.03. The minimum absolute atomic E-state index is 0.252. The molecule has 0 bridgehead atoms. The number of carbonyl (C=O) groups excluding carboxylic acids is 1. The number of fused-ring (bicyclic) bond motifs is 1. The van der Waals surface area contributed by atoms with Crippen molar-refractivity contribution in [1.29, 1.82) is 0 Å². The zero-order valence-corrected chi connectivity index (χ0v) is 15.6. The summed E-state index contributed by atoms with van der Waals surface area (Å²) in [6.07, 6.45) is 4.08. The van der Waals surface area contributed by atoms with Crippen molar-refractivity contribution in [3.8, 4) is 11.3 Å². The van der Waals surface area contributed by atoms with Gasteiger partial charge in [0.05, 0.1) is 5.69 Å². The highest BCUT2D eigenvalue weighted by molar-refractivity contribution is 6.36. The van der Waals surface area contributed by atoms with Gasteiger partial charge in [-0.1, -0.05) is 29.8 Å². The fourth-order valence-electron chi connectivity index (χ4n) is 3.34. The first kappa shape index (κ1) is 17.9. The molecule has 2 aromatic heterocycles. The fraction of sp³-hybridized carbons (Fsp3) is 0.316. The second-order valence-corrected chi connectivity index (χ2v) is 7.01. The molecule has 3 heterocycles. The van der Waals surface area contributed by atoms with Crippen molar-refractivity contribution >= 4 is 42.3 Å².